The van der Waals surface area contributed by atoms with Crippen LogP contribution in [0.1, 0.15) is 31.4 Å². The molecule has 70 valence electrons. The Labute approximate surface area is 78.6 Å². The lowest BCUT2D eigenvalue weighted by Crippen LogP contribution is -2.22. The number of nitrogens with one attached hydrogen (secondary N) is 1. The Hall–Kier alpha value is -0.960. The third-order valence-electron chi connectivity index (χ3n) is 2.46. The molecule has 0 aliphatic heterocycles. The number of hydrogen-bond acceptors (Lipinski definition) is 3. The maximum atomic E-state index is 4.05. The molecule has 1 aliphatic carbocycles. The van der Waals surface area contributed by atoms with Gasteiger partial charge in [0, 0.05) is 24.0 Å². The van der Waals surface area contributed by atoms with Crippen molar-refractivity contribution in [3.63, 3.8) is 0 Å². The average molecular weight is 177 g/mol. The summed E-state index contributed by atoms with van der Waals surface area (Å²) in [7, 11) is 0. The van der Waals surface area contributed by atoms with Gasteiger partial charge < -0.3 is 5.32 Å². The minimum absolute atomic E-state index is 0.478. The Morgan fingerprint density at radius 2 is 2.15 bits per heavy atom. The minimum atomic E-state index is 0.478. The van der Waals surface area contributed by atoms with Gasteiger partial charge in [0.05, 0.1) is 0 Å². The lowest BCUT2D eigenvalue weighted by atomic mass is 10.1. The second kappa shape index (κ2) is 3.83. The van der Waals surface area contributed by atoms with E-state index >= 15 is 0 Å². The van der Waals surface area contributed by atoms with Gasteiger partial charge in [-0.25, -0.2) is 9.97 Å². The molecule has 1 atom stereocenters. The highest BCUT2D eigenvalue weighted by atomic mass is 14.9. The Kier molecular flexibility index (Phi) is 2.54. The molecule has 1 aromatic rings. The maximum Gasteiger partial charge on any atom is 0.115 e. The summed E-state index contributed by atoms with van der Waals surface area (Å²) in [4.78, 5) is 8.09. The molecule has 1 unspecified atom stereocenters. The van der Waals surface area contributed by atoms with E-state index < -0.39 is 0 Å². The van der Waals surface area contributed by atoms with Crippen molar-refractivity contribution in [3.05, 3.63) is 24.3 Å². The summed E-state index contributed by atoms with van der Waals surface area (Å²) in [5.74, 6) is 0.811. The van der Waals surface area contributed by atoms with Crippen LogP contribution in [0.25, 0.3) is 0 Å². The van der Waals surface area contributed by atoms with Crippen molar-refractivity contribution in [2.75, 3.05) is 6.54 Å². The van der Waals surface area contributed by atoms with E-state index in [9.17, 15) is 0 Å². The molecule has 0 aromatic carbocycles. The molecule has 1 fully saturated rings. The van der Waals surface area contributed by atoms with E-state index in [-0.39, 0.29) is 0 Å². The predicted octanol–water partition coefficient (Wildman–Crippen LogP) is 1.54. The monoisotopic (exact) mass is 177 g/mol. The van der Waals surface area contributed by atoms with E-state index in [4.69, 9.17) is 0 Å². The summed E-state index contributed by atoms with van der Waals surface area (Å²) in [5, 5.41) is 3.48. The van der Waals surface area contributed by atoms with Crippen LogP contribution in [-0.2, 0) is 0 Å². The lowest BCUT2D eigenvalue weighted by Gasteiger charge is -2.16. The van der Waals surface area contributed by atoms with Crippen molar-refractivity contribution < 1.29 is 0 Å². The molecule has 3 nitrogen and oxygen atoms in total. The minimum Gasteiger partial charge on any atom is -0.310 e. The van der Waals surface area contributed by atoms with Gasteiger partial charge in [0.15, 0.2) is 0 Å². The van der Waals surface area contributed by atoms with Crippen molar-refractivity contribution in [1.29, 1.82) is 0 Å². The topological polar surface area (TPSA) is 37.8 Å². The fraction of sp³-hybridized carbons (Fsp3) is 0.600. The van der Waals surface area contributed by atoms with E-state index in [1.807, 2.05) is 12.4 Å². The number of aromatic nitrogens is 2. The Balaban J connectivity index is 2.10. The van der Waals surface area contributed by atoms with Crippen molar-refractivity contribution in [2.24, 2.45) is 5.92 Å². The molecule has 1 N–H and O–H groups in total. The van der Waals surface area contributed by atoms with E-state index in [0.29, 0.717) is 6.04 Å². The molecule has 0 radical (unpaired) electrons. The predicted molar refractivity (Wildman–Crippen MR) is 51.2 cm³/mol. The molecular weight excluding hydrogens is 162 g/mol. The van der Waals surface area contributed by atoms with Gasteiger partial charge in [-0.05, 0) is 25.3 Å². The molecule has 1 heterocycles. The van der Waals surface area contributed by atoms with Gasteiger partial charge in [-0.15, -0.1) is 0 Å². The van der Waals surface area contributed by atoms with Gasteiger partial charge in [-0.1, -0.05) is 6.92 Å². The smallest absolute Gasteiger partial charge is 0.115 e. The van der Waals surface area contributed by atoms with Crippen LogP contribution in [0, 0.1) is 5.92 Å². The fourth-order valence-corrected chi connectivity index (χ4v) is 1.68. The highest BCUT2D eigenvalue weighted by molar-refractivity contribution is 5.12. The zero-order valence-electron chi connectivity index (χ0n) is 7.90. The van der Waals surface area contributed by atoms with Crippen molar-refractivity contribution in [2.45, 2.75) is 25.8 Å². The van der Waals surface area contributed by atoms with Gasteiger partial charge in [0.2, 0.25) is 0 Å². The highest BCUT2D eigenvalue weighted by Gasteiger charge is 2.31. The zero-order valence-corrected chi connectivity index (χ0v) is 7.90. The first-order valence-electron chi connectivity index (χ1n) is 4.90. The van der Waals surface area contributed by atoms with Crippen LogP contribution in [0.5, 0.6) is 0 Å². The standard InChI is InChI=1S/C10H15N3/c1-2-13-10(8-3-4-8)9-5-11-7-12-6-9/h5-8,10,13H,2-4H2,1H3. The quantitative estimate of drug-likeness (QED) is 0.758. The fourth-order valence-electron chi connectivity index (χ4n) is 1.68. The van der Waals surface area contributed by atoms with E-state index in [1.165, 1.54) is 18.4 Å². The van der Waals surface area contributed by atoms with Crippen LogP contribution in [0.4, 0.5) is 0 Å². The molecule has 1 aliphatic rings. The molecule has 0 bridgehead atoms. The first-order chi connectivity index (χ1) is 6.42. The van der Waals surface area contributed by atoms with Crippen LogP contribution >= 0.6 is 0 Å². The van der Waals surface area contributed by atoms with Gasteiger partial charge >= 0.3 is 0 Å². The molecule has 2 rings (SSSR count). The van der Waals surface area contributed by atoms with Gasteiger partial charge in [0.1, 0.15) is 6.33 Å². The lowest BCUT2D eigenvalue weighted by molar-refractivity contribution is 0.493. The summed E-state index contributed by atoms with van der Waals surface area (Å²) in [6, 6.07) is 0.478. The maximum absolute atomic E-state index is 4.05. The van der Waals surface area contributed by atoms with Crippen molar-refractivity contribution >= 4 is 0 Å². The Morgan fingerprint density at radius 3 is 2.69 bits per heavy atom. The molecular formula is C10H15N3. The van der Waals surface area contributed by atoms with Crippen LogP contribution in [0.3, 0.4) is 0 Å². The number of rotatable bonds is 4. The van der Waals surface area contributed by atoms with Gasteiger partial charge in [-0.2, -0.15) is 0 Å². The SMILES string of the molecule is CCNC(c1cncnc1)C1CC1. The second-order valence-corrected chi connectivity index (χ2v) is 3.54. The van der Waals surface area contributed by atoms with Crippen LogP contribution in [0.15, 0.2) is 18.7 Å². The van der Waals surface area contributed by atoms with Crippen molar-refractivity contribution in [3.8, 4) is 0 Å². The van der Waals surface area contributed by atoms with Gasteiger partial charge in [0.25, 0.3) is 0 Å². The number of hydrogen-bond donors (Lipinski definition) is 1. The third-order valence-corrected chi connectivity index (χ3v) is 2.46. The summed E-state index contributed by atoms with van der Waals surface area (Å²) in [6.45, 7) is 3.15. The van der Waals surface area contributed by atoms with E-state index in [2.05, 4.69) is 22.2 Å². The first-order valence-corrected chi connectivity index (χ1v) is 4.90. The summed E-state index contributed by atoms with van der Waals surface area (Å²) < 4.78 is 0. The van der Waals surface area contributed by atoms with Crippen molar-refractivity contribution in [1.82, 2.24) is 15.3 Å². The molecule has 1 saturated carbocycles. The van der Waals surface area contributed by atoms with E-state index in [1.54, 1.807) is 6.33 Å². The largest absolute Gasteiger partial charge is 0.310 e. The molecule has 0 spiro atoms. The first kappa shape index (κ1) is 8.63. The number of nitrogens with zero attached hydrogens (tertiary/aromatic N) is 2. The summed E-state index contributed by atoms with van der Waals surface area (Å²) in [6.07, 6.45) is 8.09. The van der Waals surface area contributed by atoms with Crippen LogP contribution in [0.2, 0.25) is 0 Å². The summed E-state index contributed by atoms with van der Waals surface area (Å²) in [5.41, 5.74) is 1.23. The Bertz CT molecular complexity index is 256. The third kappa shape index (κ3) is 2.04. The average Bonchev–Trinajstić information content (AvgIpc) is 2.99. The molecule has 0 saturated heterocycles. The molecule has 1 aromatic heterocycles. The van der Waals surface area contributed by atoms with Crippen LogP contribution < -0.4 is 5.32 Å². The Morgan fingerprint density at radius 1 is 1.46 bits per heavy atom. The molecule has 3 heteroatoms. The highest BCUT2D eigenvalue weighted by Crippen LogP contribution is 2.40. The normalized spacial score (nSPS) is 18.5. The summed E-state index contributed by atoms with van der Waals surface area (Å²) >= 11 is 0. The molecule has 0 amide bonds. The van der Waals surface area contributed by atoms with Gasteiger partial charge in [-0.3, -0.25) is 0 Å². The second-order valence-electron chi connectivity index (χ2n) is 3.54. The van der Waals surface area contributed by atoms with Crippen LogP contribution in [-0.4, -0.2) is 16.5 Å². The zero-order chi connectivity index (χ0) is 9.10. The molecule has 13 heavy (non-hydrogen) atoms. The van der Waals surface area contributed by atoms with E-state index in [0.717, 1.165) is 12.5 Å².